The molecular weight excluding hydrogens is 344 g/mol. The summed E-state index contributed by atoms with van der Waals surface area (Å²) in [6, 6.07) is 9.45. The molecule has 0 aliphatic carbocycles. The molecule has 2 saturated heterocycles. The Morgan fingerprint density at radius 3 is 2.31 bits per heavy atom. The second-order valence-corrected chi connectivity index (χ2v) is 6.10. The Balaban J connectivity index is 1.82. The number of rotatable bonds is 4. The Hall–Kier alpha value is -2.00. The lowest BCUT2D eigenvalue weighted by Gasteiger charge is -2.47. The Morgan fingerprint density at radius 1 is 1.00 bits per heavy atom. The summed E-state index contributed by atoms with van der Waals surface area (Å²) < 4.78 is 33.6. The van der Waals surface area contributed by atoms with E-state index in [9.17, 15) is 9.59 Å². The van der Waals surface area contributed by atoms with Gasteiger partial charge in [0.15, 0.2) is 12.4 Å². The van der Waals surface area contributed by atoms with Gasteiger partial charge >= 0.3 is 11.9 Å². The quantitative estimate of drug-likeness (QED) is 0.738. The SMILES string of the molecule is CO[C@@H]1[C@H](OC(C)=O)[C@H](OC(C)=O)O[C@@H]2COC(c3ccccc3)O[C@@H]12. The van der Waals surface area contributed by atoms with Gasteiger partial charge in [-0.2, -0.15) is 0 Å². The second-order valence-electron chi connectivity index (χ2n) is 6.10. The third kappa shape index (κ3) is 4.04. The maximum Gasteiger partial charge on any atom is 0.305 e. The monoisotopic (exact) mass is 366 g/mol. The van der Waals surface area contributed by atoms with E-state index >= 15 is 0 Å². The molecule has 1 aromatic rings. The van der Waals surface area contributed by atoms with Crippen LogP contribution in [0.4, 0.5) is 0 Å². The van der Waals surface area contributed by atoms with Gasteiger partial charge in [-0.1, -0.05) is 30.3 Å². The number of esters is 2. The van der Waals surface area contributed by atoms with E-state index in [1.165, 1.54) is 21.0 Å². The summed E-state index contributed by atoms with van der Waals surface area (Å²) in [7, 11) is 1.48. The molecule has 0 amide bonds. The molecule has 0 N–H and O–H groups in total. The van der Waals surface area contributed by atoms with Crippen LogP contribution in [0.1, 0.15) is 25.7 Å². The van der Waals surface area contributed by atoms with E-state index in [1.54, 1.807) is 0 Å². The van der Waals surface area contributed by atoms with E-state index in [4.69, 9.17) is 28.4 Å². The number of hydrogen-bond acceptors (Lipinski definition) is 8. The molecule has 6 atom stereocenters. The average Bonchev–Trinajstić information content (AvgIpc) is 2.62. The van der Waals surface area contributed by atoms with Crippen LogP contribution in [-0.2, 0) is 38.0 Å². The van der Waals surface area contributed by atoms with E-state index in [-0.39, 0.29) is 6.61 Å². The second kappa shape index (κ2) is 8.13. The van der Waals surface area contributed by atoms with Gasteiger partial charge in [0.05, 0.1) is 6.61 Å². The summed E-state index contributed by atoms with van der Waals surface area (Å²) in [6.07, 6.45) is -4.41. The summed E-state index contributed by atoms with van der Waals surface area (Å²) in [5.41, 5.74) is 0.854. The first kappa shape index (κ1) is 18.8. The molecule has 2 aliphatic rings. The van der Waals surface area contributed by atoms with E-state index < -0.39 is 48.9 Å². The summed E-state index contributed by atoms with van der Waals surface area (Å²) in [5, 5.41) is 0. The summed E-state index contributed by atoms with van der Waals surface area (Å²) in [4.78, 5) is 22.9. The van der Waals surface area contributed by atoms with Crippen LogP contribution in [0.15, 0.2) is 30.3 Å². The number of ether oxygens (including phenoxy) is 6. The largest absolute Gasteiger partial charge is 0.453 e. The van der Waals surface area contributed by atoms with Gasteiger partial charge in [-0.3, -0.25) is 9.59 Å². The van der Waals surface area contributed by atoms with Gasteiger partial charge in [0.2, 0.25) is 6.29 Å². The lowest BCUT2D eigenvalue weighted by molar-refractivity contribution is -0.358. The Bertz CT molecular complexity index is 633. The number of carbonyl (C=O) groups excluding carboxylic acids is 2. The minimum Gasteiger partial charge on any atom is -0.453 e. The van der Waals surface area contributed by atoms with Crippen molar-refractivity contribution in [3.05, 3.63) is 35.9 Å². The molecule has 0 saturated carbocycles. The molecule has 2 aliphatic heterocycles. The summed E-state index contributed by atoms with van der Waals surface area (Å²) in [6.45, 7) is 2.73. The number of carbonyl (C=O) groups is 2. The molecular formula is C18H22O8. The molecule has 0 bridgehead atoms. The van der Waals surface area contributed by atoms with Crippen LogP contribution < -0.4 is 0 Å². The summed E-state index contributed by atoms with van der Waals surface area (Å²) in [5.74, 6) is -1.09. The zero-order valence-electron chi connectivity index (χ0n) is 14.8. The zero-order chi connectivity index (χ0) is 18.7. The smallest absolute Gasteiger partial charge is 0.305 e. The number of benzene rings is 1. The van der Waals surface area contributed by atoms with Crippen LogP contribution in [-0.4, -0.2) is 56.4 Å². The van der Waals surface area contributed by atoms with Gasteiger partial charge in [0.25, 0.3) is 0 Å². The minimum absolute atomic E-state index is 0.217. The van der Waals surface area contributed by atoms with Gasteiger partial charge in [0, 0.05) is 26.5 Å². The van der Waals surface area contributed by atoms with Gasteiger partial charge in [-0.15, -0.1) is 0 Å². The highest BCUT2D eigenvalue weighted by Crippen LogP contribution is 2.36. The fraction of sp³-hybridized carbons (Fsp3) is 0.556. The van der Waals surface area contributed by atoms with Crippen LogP contribution in [0.3, 0.4) is 0 Å². The first-order valence-electron chi connectivity index (χ1n) is 8.34. The highest BCUT2D eigenvalue weighted by Gasteiger charge is 2.53. The van der Waals surface area contributed by atoms with Crippen molar-refractivity contribution < 1.29 is 38.0 Å². The Kier molecular flexibility index (Phi) is 5.87. The topological polar surface area (TPSA) is 89.5 Å². The first-order chi connectivity index (χ1) is 12.5. The van der Waals surface area contributed by atoms with Crippen molar-refractivity contribution in [1.82, 2.24) is 0 Å². The van der Waals surface area contributed by atoms with E-state index in [0.717, 1.165) is 5.56 Å². The molecule has 0 spiro atoms. The maximum absolute atomic E-state index is 11.5. The molecule has 8 nitrogen and oxygen atoms in total. The molecule has 1 aromatic carbocycles. The van der Waals surface area contributed by atoms with Crippen molar-refractivity contribution in [1.29, 1.82) is 0 Å². The highest BCUT2D eigenvalue weighted by molar-refractivity contribution is 5.67. The van der Waals surface area contributed by atoms with Crippen LogP contribution in [0.2, 0.25) is 0 Å². The van der Waals surface area contributed by atoms with E-state index in [0.29, 0.717) is 0 Å². The van der Waals surface area contributed by atoms with Gasteiger partial charge in [-0.05, 0) is 0 Å². The summed E-state index contributed by atoms with van der Waals surface area (Å²) >= 11 is 0. The first-order valence-corrected chi connectivity index (χ1v) is 8.34. The van der Waals surface area contributed by atoms with Crippen molar-refractivity contribution in [3.8, 4) is 0 Å². The highest BCUT2D eigenvalue weighted by atomic mass is 16.8. The normalized spacial score (nSPS) is 33.8. The van der Waals surface area contributed by atoms with E-state index in [2.05, 4.69) is 0 Å². The van der Waals surface area contributed by atoms with Crippen molar-refractivity contribution in [2.24, 2.45) is 0 Å². The molecule has 2 fully saturated rings. The minimum atomic E-state index is -1.09. The van der Waals surface area contributed by atoms with Crippen molar-refractivity contribution >= 4 is 11.9 Å². The fourth-order valence-electron chi connectivity index (χ4n) is 3.17. The van der Waals surface area contributed by atoms with Crippen molar-refractivity contribution in [2.45, 2.75) is 50.8 Å². The van der Waals surface area contributed by atoms with Crippen LogP contribution in [0.5, 0.6) is 0 Å². The van der Waals surface area contributed by atoms with Crippen LogP contribution in [0, 0.1) is 0 Å². The molecule has 2 heterocycles. The molecule has 26 heavy (non-hydrogen) atoms. The van der Waals surface area contributed by atoms with Crippen LogP contribution in [0.25, 0.3) is 0 Å². The molecule has 3 rings (SSSR count). The maximum atomic E-state index is 11.5. The third-order valence-electron chi connectivity index (χ3n) is 4.21. The van der Waals surface area contributed by atoms with Crippen LogP contribution >= 0.6 is 0 Å². The number of methoxy groups -OCH3 is 1. The Labute approximate surface area is 151 Å². The standard InChI is InChI=1S/C18H22O8/c1-10(19)23-16-15(21-3)14-13(25-18(16)24-11(2)20)9-22-17(26-14)12-7-5-4-6-8-12/h4-8,13-18H,9H2,1-3H3/t13-,14-,15+,16+,17?,18-/m1/s1. The van der Waals surface area contributed by atoms with E-state index in [1.807, 2.05) is 30.3 Å². The molecule has 0 aromatic heterocycles. The van der Waals surface area contributed by atoms with Gasteiger partial charge < -0.3 is 28.4 Å². The lowest BCUT2D eigenvalue weighted by atomic mass is 9.97. The predicted molar refractivity (Wildman–Crippen MR) is 86.8 cm³/mol. The number of fused-ring (bicyclic) bond motifs is 1. The third-order valence-corrected chi connectivity index (χ3v) is 4.21. The lowest BCUT2D eigenvalue weighted by Crippen LogP contribution is -2.63. The Morgan fingerprint density at radius 2 is 1.69 bits per heavy atom. The van der Waals surface area contributed by atoms with Gasteiger partial charge in [-0.25, -0.2) is 0 Å². The van der Waals surface area contributed by atoms with Gasteiger partial charge in [0.1, 0.15) is 18.3 Å². The molecule has 0 radical (unpaired) electrons. The van der Waals surface area contributed by atoms with Crippen molar-refractivity contribution in [2.75, 3.05) is 13.7 Å². The number of hydrogen-bond donors (Lipinski definition) is 0. The average molecular weight is 366 g/mol. The zero-order valence-corrected chi connectivity index (χ0v) is 14.8. The predicted octanol–water partition coefficient (Wildman–Crippen LogP) is 1.34. The van der Waals surface area contributed by atoms with Crippen molar-refractivity contribution in [3.63, 3.8) is 0 Å². The molecule has 8 heteroatoms. The molecule has 1 unspecified atom stereocenters. The fourth-order valence-corrected chi connectivity index (χ4v) is 3.17. The molecule has 142 valence electrons.